The predicted molar refractivity (Wildman–Crippen MR) is 109 cm³/mol. The normalized spacial score (nSPS) is 24.3. The zero-order valence-corrected chi connectivity index (χ0v) is 17.5. The van der Waals surface area contributed by atoms with Gasteiger partial charge in [0.05, 0.1) is 6.10 Å². The first kappa shape index (κ1) is 20.1. The Morgan fingerprint density at radius 2 is 1.97 bits per heavy atom. The van der Waals surface area contributed by atoms with Crippen LogP contribution in [0.3, 0.4) is 0 Å². The predicted octanol–water partition coefficient (Wildman–Crippen LogP) is 1.72. The largest absolute Gasteiger partial charge is 0.376 e. The van der Waals surface area contributed by atoms with E-state index in [1.54, 1.807) is 18.0 Å². The summed E-state index contributed by atoms with van der Waals surface area (Å²) in [4.78, 5) is 41.6. The number of carbonyl (C=O) groups is 2. The van der Waals surface area contributed by atoms with E-state index in [4.69, 9.17) is 4.74 Å². The number of aryl methyl sites for hydroxylation is 1. The standard InChI is InChI=1S/C22H31N3O4/c1-16-5-6-18(20(27)23(16)2)21(28)24-11-9-22(10-12-24)8-7-19(26)25(15-22)14-17-4-3-13-29-17/h5-6,17H,3-4,7-15H2,1-2H3/t17-/m1/s1. The summed E-state index contributed by atoms with van der Waals surface area (Å²) < 4.78 is 7.25. The maximum atomic E-state index is 12.9. The molecule has 0 saturated carbocycles. The zero-order valence-electron chi connectivity index (χ0n) is 17.5. The molecule has 3 aliphatic heterocycles. The fourth-order valence-electron chi connectivity index (χ4n) is 4.96. The Balaban J connectivity index is 1.40. The number of likely N-dealkylation sites (tertiary alicyclic amines) is 2. The Labute approximate surface area is 171 Å². The molecule has 4 rings (SSSR count). The van der Waals surface area contributed by atoms with Crippen molar-refractivity contribution >= 4 is 11.8 Å². The molecule has 3 saturated heterocycles. The van der Waals surface area contributed by atoms with E-state index >= 15 is 0 Å². The van der Waals surface area contributed by atoms with Crippen LogP contribution in [0.2, 0.25) is 0 Å². The van der Waals surface area contributed by atoms with Crippen molar-refractivity contribution in [3.05, 3.63) is 33.7 Å². The van der Waals surface area contributed by atoms with Crippen LogP contribution in [0.25, 0.3) is 0 Å². The third kappa shape index (κ3) is 3.97. The molecule has 0 unspecified atom stereocenters. The first-order chi connectivity index (χ1) is 13.9. The van der Waals surface area contributed by atoms with Crippen LogP contribution < -0.4 is 5.56 Å². The third-order valence-electron chi connectivity index (χ3n) is 7.09. The van der Waals surface area contributed by atoms with Crippen LogP contribution >= 0.6 is 0 Å². The maximum Gasteiger partial charge on any atom is 0.263 e. The lowest BCUT2D eigenvalue weighted by molar-refractivity contribution is -0.141. The van der Waals surface area contributed by atoms with Gasteiger partial charge in [0, 0.05) is 51.9 Å². The smallest absolute Gasteiger partial charge is 0.263 e. The summed E-state index contributed by atoms with van der Waals surface area (Å²) >= 11 is 0. The molecule has 7 nitrogen and oxygen atoms in total. The van der Waals surface area contributed by atoms with E-state index in [2.05, 4.69) is 0 Å². The highest BCUT2D eigenvalue weighted by molar-refractivity contribution is 5.94. The first-order valence-electron chi connectivity index (χ1n) is 10.7. The van der Waals surface area contributed by atoms with Crippen LogP contribution in [0.5, 0.6) is 0 Å². The van der Waals surface area contributed by atoms with E-state index in [0.717, 1.165) is 50.9 Å². The van der Waals surface area contributed by atoms with Gasteiger partial charge in [-0.1, -0.05) is 0 Å². The molecule has 1 aromatic rings. The number of piperidine rings is 2. The molecule has 0 N–H and O–H groups in total. The molecule has 29 heavy (non-hydrogen) atoms. The van der Waals surface area contributed by atoms with Crippen LogP contribution in [-0.2, 0) is 16.6 Å². The summed E-state index contributed by atoms with van der Waals surface area (Å²) in [5.41, 5.74) is 0.929. The number of rotatable bonds is 3. The highest BCUT2D eigenvalue weighted by Gasteiger charge is 2.42. The molecular formula is C22H31N3O4. The average Bonchev–Trinajstić information content (AvgIpc) is 3.23. The van der Waals surface area contributed by atoms with E-state index in [1.165, 1.54) is 4.57 Å². The summed E-state index contributed by atoms with van der Waals surface area (Å²) in [5.74, 6) is 0.0522. The van der Waals surface area contributed by atoms with Gasteiger partial charge in [-0.2, -0.15) is 0 Å². The summed E-state index contributed by atoms with van der Waals surface area (Å²) in [6.45, 7) is 5.39. The molecule has 0 aliphatic carbocycles. The number of ether oxygens (including phenoxy) is 1. The molecular weight excluding hydrogens is 370 g/mol. The van der Waals surface area contributed by atoms with Gasteiger partial charge >= 0.3 is 0 Å². The van der Waals surface area contributed by atoms with Crippen LogP contribution in [0.4, 0.5) is 0 Å². The molecule has 1 spiro atoms. The fraction of sp³-hybridized carbons (Fsp3) is 0.682. The lowest BCUT2D eigenvalue weighted by Crippen LogP contribution is -2.54. The van der Waals surface area contributed by atoms with E-state index in [1.807, 2.05) is 17.9 Å². The maximum absolute atomic E-state index is 12.9. The Morgan fingerprint density at radius 3 is 2.66 bits per heavy atom. The fourth-order valence-corrected chi connectivity index (χ4v) is 4.96. The second kappa shape index (κ2) is 7.94. The lowest BCUT2D eigenvalue weighted by Gasteiger charge is -2.47. The van der Waals surface area contributed by atoms with E-state index in [9.17, 15) is 14.4 Å². The van der Waals surface area contributed by atoms with Crippen LogP contribution in [-0.4, -0.2) is 65.1 Å². The van der Waals surface area contributed by atoms with Crippen molar-refractivity contribution < 1.29 is 14.3 Å². The summed E-state index contributed by atoms with van der Waals surface area (Å²) in [7, 11) is 1.70. The molecule has 1 aromatic heterocycles. The van der Waals surface area contributed by atoms with Gasteiger partial charge in [0.15, 0.2) is 0 Å². The number of amides is 2. The number of nitrogens with zero attached hydrogens (tertiary/aromatic N) is 3. The molecule has 0 radical (unpaired) electrons. The summed E-state index contributed by atoms with van der Waals surface area (Å²) in [5, 5.41) is 0. The van der Waals surface area contributed by atoms with Crippen molar-refractivity contribution in [3.8, 4) is 0 Å². The average molecular weight is 402 g/mol. The molecule has 3 fully saturated rings. The second-order valence-electron chi connectivity index (χ2n) is 8.95. The van der Waals surface area contributed by atoms with E-state index in [0.29, 0.717) is 26.1 Å². The molecule has 0 aromatic carbocycles. The molecule has 158 valence electrons. The molecule has 0 bridgehead atoms. The number of pyridine rings is 1. The molecule has 3 aliphatic rings. The monoisotopic (exact) mass is 401 g/mol. The first-order valence-corrected chi connectivity index (χ1v) is 10.7. The van der Waals surface area contributed by atoms with Gasteiger partial charge in [0.2, 0.25) is 5.91 Å². The highest BCUT2D eigenvalue weighted by atomic mass is 16.5. The van der Waals surface area contributed by atoms with Crippen LogP contribution in [0, 0.1) is 12.3 Å². The minimum Gasteiger partial charge on any atom is -0.376 e. The Morgan fingerprint density at radius 1 is 1.21 bits per heavy atom. The van der Waals surface area contributed by atoms with Gasteiger partial charge in [0.25, 0.3) is 11.5 Å². The Hall–Kier alpha value is -2.15. The lowest BCUT2D eigenvalue weighted by atomic mass is 9.72. The van der Waals surface area contributed by atoms with Crippen molar-refractivity contribution in [2.75, 3.05) is 32.8 Å². The van der Waals surface area contributed by atoms with Crippen LogP contribution in [0.15, 0.2) is 16.9 Å². The van der Waals surface area contributed by atoms with Gasteiger partial charge in [-0.25, -0.2) is 0 Å². The molecule has 1 atom stereocenters. The van der Waals surface area contributed by atoms with Crippen molar-refractivity contribution in [1.29, 1.82) is 0 Å². The Bertz CT molecular complexity index is 848. The van der Waals surface area contributed by atoms with Crippen molar-refractivity contribution in [1.82, 2.24) is 14.4 Å². The number of hydrogen-bond donors (Lipinski definition) is 0. The molecule has 7 heteroatoms. The minimum atomic E-state index is -0.235. The van der Waals surface area contributed by atoms with Gasteiger partial charge in [0.1, 0.15) is 5.56 Å². The number of aromatic nitrogens is 1. The summed E-state index contributed by atoms with van der Waals surface area (Å²) in [6, 6.07) is 3.46. The zero-order chi connectivity index (χ0) is 20.6. The number of carbonyl (C=O) groups excluding carboxylic acids is 2. The van der Waals surface area contributed by atoms with Gasteiger partial charge < -0.3 is 19.1 Å². The summed E-state index contributed by atoms with van der Waals surface area (Å²) in [6.07, 6.45) is 5.51. The quantitative estimate of drug-likeness (QED) is 0.773. The third-order valence-corrected chi connectivity index (χ3v) is 7.09. The molecule has 2 amide bonds. The topological polar surface area (TPSA) is 71.9 Å². The number of hydrogen-bond acceptors (Lipinski definition) is 4. The van der Waals surface area contributed by atoms with Gasteiger partial charge in [-0.05, 0) is 56.6 Å². The van der Waals surface area contributed by atoms with Gasteiger partial charge in [-0.15, -0.1) is 0 Å². The van der Waals surface area contributed by atoms with Gasteiger partial charge in [-0.3, -0.25) is 14.4 Å². The van der Waals surface area contributed by atoms with Crippen molar-refractivity contribution in [3.63, 3.8) is 0 Å². The highest BCUT2D eigenvalue weighted by Crippen LogP contribution is 2.40. The molecule has 4 heterocycles. The Kier molecular flexibility index (Phi) is 5.51. The SMILES string of the molecule is Cc1ccc(C(=O)N2CCC3(CCC(=O)N(C[C@H]4CCCO4)C3)CC2)c(=O)n1C. The van der Waals surface area contributed by atoms with Crippen LogP contribution in [0.1, 0.15) is 54.6 Å². The minimum absolute atomic E-state index is 0.0849. The van der Waals surface area contributed by atoms with Crippen molar-refractivity contribution in [2.24, 2.45) is 12.5 Å². The van der Waals surface area contributed by atoms with Crippen molar-refractivity contribution in [2.45, 2.75) is 51.6 Å². The van der Waals surface area contributed by atoms with E-state index in [-0.39, 0.29) is 34.5 Å². The second-order valence-corrected chi connectivity index (χ2v) is 8.95. The van der Waals surface area contributed by atoms with E-state index < -0.39 is 0 Å².